The summed E-state index contributed by atoms with van der Waals surface area (Å²) >= 11 is 0. The molecule has 1 aromatic carbocycles. The molecule has 1 unspecified atom stereocenters. The number of carbonyl (C=O) groups excluding carboxylic acids is 1. The second-order valence-electron chi connectivity index (χ2n) is 7.47. The first kappa shape index (κ1) is 19.2. The Bertz CT molecular complexity index is 947. The van der Waals surface area contributed by atoms with Crippen LogP contribution in [0.1, 0.15) is 55.1 Å². The maximum atomic E-state index is 13.1. The van der Waals surface area contributed by atoms with Crippen LogP contribution in [0.15, 0.2) is 47.2 Å². The van der Waals surface area contributed by atoms with Crippen LogP contribution in [0.25, 0.3) is 11.6 Å². The first-order chi connectivity index (χ1) is 14.2. The summed E-state index contributed by atoms with van der Waals surface area (Å²) in [5.41, 5.74) is 2.51. The average Bonchev–Trinajstić information content (AvgIpc) is 3.26. The van der Waals surface area contributed by atoms with E-state index in [1.54, 1.807) is 12.4 Å². The molecule has 2 aromatic heterocycles. The van der Waals surface area contributed by atoms with Gasteiger partial charge in [-0.3, -0.25) is 9.78 Å². The molecule has 1 aliphatic heterocycles. The Balaban J connectivity index is 1.39. The molecule has 0 spiro atoms. The van der Waals surface area contributed by atoms with Crippen molar-refractivity contribution in [1.82, 2.24) is 25.0 Å². The minimum atomic E-state index is -0.0790. The highest BCUT2D eigenvalue weighted by atomic mass is 16.5. The Morgan fingerprint density at radius 2 is 1.93 bits per heavy atom. The van der Waals surface area contributed by atoms with Crippen molar-refractivity contribution >= 4 is 5.91 Å². The summed E-state index contributed by atoms with van der Waals surface area (Å²) in [6.07, 6.45) is 5.78. The normalized spacial score (nSPS) is 16.0. The number of benzene rings is 1. The van der Waals surface area contributed by atoms with Gasteiger partial charge in [-0.15, -0.1) is 0 Å². The quantitative estimate of drug-likeness (QED) is 0.659. The van der Waals surface area contributed by atoms with Crippen molar-refractivity contribution in [3.05, 3.63) is 59.8 Å². The van der Waals surface area contributed by atoms with E-state index in [1.165, 1.54) is 0 Å². The summed E-state index contributed by atoms with van der Waals surface area (Å²) in [6.45, 7) is 5.37. The smallest absolute Gasteiger partial charge is 0.278 e. The highest BCUT2D eigenvalue weighted by Gasteiger charge is 2.30. The molecule has 4 rings (SSSR count). The summed E-state index contributed by atoms with van der Waals surface area (Å²) in [5.74, 6) is 1.39. The van der Waals surface area contributed by atoms with Gasteiger partial charge < -0.3 is 9.42 Å². The molecule has 1 saturated heterocycles. The number of aryl methyl sites for hydroxylation is 1. The van der Waals surface area contributed by atoms with E-state index in [2.05, 4.69) is 27.0 Å². The lowest BCUT2D eigenvalue weighted by atomic mass is 9.91. The van der Waals surface area contributed by atoms with Crippen molar-refractivity contribution in [2.45, 2.75) is 44.9 Å². The van der Waals surface area contributed by atoms with Crippen LogP contribution in [0.2, 0.25) is 0 Å². The maximum absolute atomic E-state index is 13.1. The van der Waals surface area contributed by atoms with Gasteiger partial charge in [0.2, 0.25) is 5.91 Å². The molecule has 29 heavy (non-hydrogen) atoms. The molecule has 0 radical (unpaired) electrons. The van der Waals surface area contributed by atoms with Crippen molar-refractivity contribution in [3.63, 3.8) is 0 Å². The third-order valence-corrected chi connectivity index (χ3v) is 5.52. The molecule has 1 fully saturated rings. The van der Waals surface area contributed by atoms with Crippen LogP contribution in [0.4, 0.5) is 0 Å². The molecule has 7 heteroatoms. The molecule has 7 nitrogen and oxygen atoms in total. The number of hydrogen-bond donors (Lipinski definition) is 0. The molecule has 0 saturated carbocycles. The summed E-state index contributed by atoms with van der Waals surface area (Å²) in [4.78, 5) is 28.1. The number of likely N-dealkylation sites (tertiary alicyclic amines) is 1. The van der Waals surface area contributed by atoms with E-state index < -0.39 is 0 Å². The number of carbonyl (C=O) groups is 1. The molecule has 150 valence electrons. The minimum Gasteiger partial charge on any atom is -0.342 e. The van der Waals surface area contributed by atoms with Crippen LogP contribution in [-0.2, 0) is 4.79 Å². The Labute approximate surface area is 170 Å². The van der Waals surface area contributed by atoms with Gasteiger partial charge in [-0.25, -0.2) is 4.98 Å². The Hall–Kier alpha value is -3.09. The second kappa shape index (κ2) is 8.51. The van der Waals surface area contributed by atoms with Crippen molar-refractivity contribution in [2.75, 3.05) is 13.1 Å². The Morgan fingerprint density at radius 1 is 1.17 bits per heavy atom. The molecule has 3 aromatic rings. The van der Waals surface area contributed by atoms with Gasteiger partial charge in [-0.2, -0.15) is 4.98 Å². The number of amides is 1. The Kier molecular flexibility index (Phi) is 5.64. The number of aromatic nitrogens is 4. The topological polar surface area (TPSA) is 85.0 Å². The third kappa shape index (κ3) is 4.18. The van der Waals surface area contributed by atoms with E-state index in [-0.39, 0.29) is 17.7 Å². The van der Waals surface area contributed by atoms with Crippen LogP contribution in [-0.4, -0.2) is 44.0 Å². The van der Waals surface area contributed by atoms with Gasteiger partial charge in [-0.05, 0) is 31.7 Å². The molecule has 0 aliphatic carbocycles. The molecule has 0 bridgehead atoms. The van der Waals surface area contributed by atoms with Gasteiger partial charge in [0.05, 0.1) is 17.8 Å². The number of nitrogens with zero attached hydrogens (tertiary/aromatic N) is 5. The van der Waals surface area contributed by atoms with Crippen LogP contribution in [0.5, 0.6) is 0 Å². The molecule has 1 amide bonds. The fourth-order valence-corrected chi connectivity index (χ4v) is 3.82. The molecule has 1 atom stereocenters. The zero-order chi connectivity index (χ0) is 20.2. The maximum Gasteiger partial charge on any atom is 0.278 e. The number of hydrogen-bond acceptors (Lipinski definition) is 6. The number of piperidine rings is 1. The van der Waals surface area contributed by atoms with Crippen LogP contribution in [0.3, 0.4) is 0 Å². The van der Waals surface area contributed by atoms with Gasteiger partial charge >= 0.3 is 0 Å². The standard InChI is InChI=1S/C22H25N5O2/c1-3-18(16-7-5-4-6-8-16)22(28)27-11-9-17(10-12-27)20-25-21(29-26-20)19-14-23-15(2)13-24-19/h4-8,13-14,17-18H,3,9-12H2,1-2H3. The van der Waals surface area contributed by atoms with Crippen LogP contribution in [0, 0.1) is 6.92 Å². The predicted octanol–water partition coefficient (Wildman–Crippen LogP) is 3.73. The van der Waals surface area contributed by atoms with Gasteiger partial charge in [0.25, 0.3) is 5.89 Å². The summed E-state index contributed by atoms with van der Waals surface area (Å²) in [7, 11) is 0. The zero-order valence-electron chi connectivity index (χ0n) is 16.8. The fraction of sp³-hybridized carbons (Fsp3) is 0.409. The lowest BCUT2D eigenvalue weighted by Crippen LogP contribution is -2.40. The van der Waals surface area contributed by atoms with E-state index in [0.29, 0.717) is 30.5 Å². The molecular formula is C22H25N5O2. The molecule has 0 N–H and O–H groups in total. The van der Waals surface area contributed by atoms with E-state index in [1.807, 2.05) is 42.2 Å². The first-order valence-electron chi connectivity index (χ1n) is 10.1. The molecular weight excluding hydrogens is 366 g/mol. The van der Waals surface area contributed by atoms with E-state index >= 15 is 0 Å². The van der Waals surface area contributed by atoms with Crippen molar-refractivity contribution < 1.29 is 9.32 Å². The van der Waals surface area contributed by atoms with Crippen molar-refractivity contribution in [3.8, 4) is 11.6 Å². The minimum absolute atomic E-state index is 0.0790. The summed E-state index contributed by atoms with van der Waals surface area (Å²) in [5, 5.41) is 4.15. The third-order valence-electron chi connectivity index (χ3n) is 5.52. The highest BCUT2D eigenvalue weighted by Crippen LogP contribution is 2.30. The largest absolute Gasteiger partial charge is 0.342 e. The van der Waals surface area contributed by atoms with Gasteiger partial charge in [0.15, 0.2) is 5.82 Å². The lowest BCUT2D eigenvalue weighted by molar-refractivity contribution is -0.134. The second-order valence-corrected chi connectivity index (χ2v) is 7.47. The zero-order valence-corrected chi connectivity index (χ0v) is 16.8. The number of rotatable bonds is 5. The monoisotopic (exact) mass is 391 g/mol. The SMILES string of the molecule is CCC(C(=O)N1CCC(c2noc(-c3cnc(C)cn3)n2)CC1)c1ccccc1. The Morgan fingerprint density at radius 3 is 2.59 bits per heavy atom. The van der Waals surface area contributed by atoms with E-state index in [4.69, 9.17) is 4.52 Å². The first-order valence-corrected chi connectivity index (χ1v) is 10.1. The van der Waals surface area contributed by atoms with E-state index in [0.717, 1.165) is 30.5 Å². The fourth-order valence-electron chi connectivity index (χ4n) is 3.82. The van der Waals surface area contributed by atoms with Gasteiger partial charge in [0, 0.05) is 25.2 Å². The summed E-state index contributed by atoms with van der Waals surface area (Å²) < 4.78 is 5.39. The predicted molar refractivity (Wildman–Crippen MR) is 108 cm³/mol. The highest BCUT2D eigenvalue weighted by molar-refractivity contribution is 5.83. The van der Waals surface area contributed by atoms with Crippen molar-refractivity contribution in [2.24, 2.45) is 0 Å². The summed E-state index contributed by atoms with van der Waals surface area (Å²) in [6, 6.07) is 10.0. The van der Waals surface area contributed by atoms with E-state index in [9.17, 15) is 4.79 Å². The van der Waals surface area contributed by atoms with Gasteiger partial charge in [0.1, 0.15) is 5.69 Å². The molecule has 3 heterocycles. The van der Waals surface area contributed by atoms with Crippen molar-refractivity contribution in [1.29, 1.82) is 0 Å². The lowest BCUT2D eigenvalue weighted by Gasteiger charge is -2.33. The average molecular weight is 391 g/mol. The van der Waals surface area contributed by atoms with Crippen LogP contribution < -0.4 is 0 Å². The molecule has 1 aliphatic rings. The van der Waals surface area contributed by atoms with Gasteiger partial charge in [-0.1, -0.05) is 42.4 Å². The van der Waals surface area contributed by atoms with Crippen LogP contribution >= 0.6 is 0 Å².